The Kier molecular flexibility index (Phi) is 8.25. The number of thioether (sulfide) groups is 1. The van der Waals surface area contributed by atoms with Gasteiger partial charge < -0.3 is 15.4 Å². The molecule has 1 aliphatic heterocycles. The first-order chi connectivity index (χ1) is 10.1. The molecule has 3 atom stereocenters. The predicted molar refractivity (Wildman–Crippen MR) is 94.5 cm³/mol. The third-order valence-corrected chi connectivity index (χ3v) is 4.34. The Morgan fingerprint density at radius 1 is 1.41 bits per heavy atom. The van der Waals surface area contributed by atoms with Crippen molar-refractivity contribution >= 4 is 30.1 Å². The van der Waals surface area contributed by atoms with Crippen molar-refractivity contribution in [3.05, 3.63) is 35.9 Å². The molecule has 0 radical (unpaired) electrons. The number of hydrogen-bond donors (Lipinski definition) is 1. The second kappa shape index (κ2) is 9.40. The lowest BCUT2D eigenvalue weighted by atomic mass is 10.1. The standard InChI is InChI=1S/C16H24N2O2S.ClH/c1-12-10-18(16(19)14(17)8-9-21-2)11-15(20-12)13-6-4-3-5-7-13;/h3-7,12,14-15H,8-11,17H2,1-2H3;1H/t12?,14-,15?;/m0./s1. The van der Waals surface area contributed by atoms with Crippen LogP contribution in [0, 0.1) is 0 Å². The van der Waals surface area contributed by atoms with Gasteiger partial charge in [0.05, 0.1) is 18.7 Å². The molecule has 1 aromatic carbocycles. The van der Waals surface area contributed by atoms with E-state index in [0.29, 0.717) is 13.1 Å². The topological polar surface area (TPSA) is 55.6 Å². The molecule has 2 rings (SSSR count). The summed E-state index contributed by atoms with van der Waals surface area (Å²) in [6.07, 6.45) is 2.72. The minimum Gasteiger partial charge on any atom is -0.367 e. The Labute approximate surface area is 143 Å². The summed E-state index contributed by atoms with van der Waals surface area (Å²) in [5.74, 6) is 0.953. The zero-order valence-electron chi connectivity index (χ0n) is 13.1. The van der Waals surface area contributed by atoms with Crippen LogP contribution in [0.3, 0.4) is 0 Å². The normalized spacial score (nSPS) is 22.8. The second-order valence-corrected chi connectivity index (χ2v) is 6.46. The van der Waals surface area contributed by atoms with Gasteiger partial charge in [0.25, 0.3) is 0 Å². The molecular formula is C16H25ClN2O2S. The third kappa shape index (κ3) is 5.16. The van der Waals surface area contributed by atoms with Crippen molar-refractivity contribution in [3.8, 4) is 0 Å². The number of ether oxygens (including phenoxy) is 1. The highest BCUT2D eigenvalue weighted by Gasteiger charge is 2.31. The number of rotatable bonds is 5. The molecular weight excluding hydrogens is 320 g/mol. The molecule has 0 aliphatic carbocycles. The Morgan fingerprint density at radius 3 is 2.73 bits per heavy atom. The first-order valence-electron chi connectivity index (χ1n) is 7.35. The van der Waals surface area contributed by atoms with E-state index < -0.39 is 6.04 Å². The van der Waals surface area contributed by atoms with E-state index in [4.69, 9.17) is 10.5 Å². The van der Waals surface area contributed by atoms with Crippen LogP contribution in [0.2, 0.25) is 0 Å². The lowest BCUT2D eigenvalue weighted by molar-refractivity contribution is -0.146. The molecule has 0 spiro atoms. The predicted octanol–water partition coefficient (Wildman–Crippen LogP) is 2.48. The fraction of sp³-hybridized carbons (Fsp3) is 0.562. The van der Waals surface area contributed by atoms with E-state index in [2.05, 4.69) is 0 Å². The first-order valence-corrected chi connectivity index (χ1v) is 8.75. The number of halogens is 1. The van der Waals surface area contributed by atoms with Crippen LogP contribution in [0.25, 0.3) is 0 Å². The van der Waals surface area contributed by atoms with Crippen LogP contribution in [-0.2, 0) is 9.53 Å². The van der Waals surface area contributed by atoms with Gasteiger partial charge in [0.1, 0.15) is 6.10 Å². The van der Waals surface area contributed by atoms with Crippen molar-refractivity contribution in [2.75, 3.05) is 25.1 Å². The highest BCUT2D eigenvalue weighted by molar-refractivity contribution is 7.98. The average Bonchev–Trinajstić information content (AvgIpc) is 2.52. The van der Waals surface area contributed by atoms with Crippen LogP contribution in [0.5, 0.6) is 0 Å². The van der Waals surface area contributed by atoms with Crippen LogP contribution in [-0.4, -0.2) is 48.1 Å². The minimum atomic E-state index is -0.404. The zero-order valence-corrected chi connectivity index (χ0v) is 14.7. The van der Waals surface area contributed by atoms with Gasteiger partial charge in [-0.25, -0.2) is 0 Å². The van der Waals surface area contributed by atoms with E-state index in [1.165, 1.54) is 0 Å². The molecule has 0 saturated carbocycles. The second-order valence-electron chi connectivity index (χ2n) is 5.48. The summed E-state index contributed by atoms with van der Waals surface area (Å²) in [5.41, 5.74) is 7.13. The van der Waals surface area contributed by atoms with Crippen LogP contribution in [0.4, 0.5) is 0 Å². The molecule has 124 valence electrons. The Hall–Kier alpha value is -0.750. The first kappa shape index (κ1) is 19.3. The van der Waals surface area contributed by atoms with E-state index in [9.17, 15) is 4.79 Å². The van der Waals surface area contributed by atoms with Crippen molar-refractivity contribution in [3.63, 3.8) is 0 Å². The molecule has 6 heteroatoms. The molecule has 2 N–H and O–H groups in total. The van der Waals surface area contributed by atoms with Gasteiger partial charge in [-0.15, -0.1) is 12.4 Å². The number of carbonyl (C=O) groups excluding carboxylic acids is 1. The Morgan fingerprint density at radius 2 is 2.09 bits per heavy atom. The largest absolute Gasteiger partial charge is 0.367 e. The summed E-state index contributed by atoms with van der Waals surface area (Å²) in [6, 6.07) is 9.65. The molecule has 1 saturated heterocycles. The summed E-state index contributed by atoms with van der Waals surface area (Å²) in [7, 11) is 0. The number of amides is 1. The zero-order chi connectivity index (χ0) is 15.2. The van der Waals surface area contributed by atoms with Crippen molar-refractivity contribution in [1.29, 1.82) is 0 Å². The number of benzene rings is 1. The van der Waals surface area contributed by atoms with E-state index in [0.717, 1.165) is 17.7 Å². The maximum Gasteiger partial charge on any atom is 0.239 e. The summed E-state index contributed by atoms with van der Waals surface area (Å²) in [5, 5.41) is 0. The molecule has 0 aromatic heterocycles. The Bertz CT molecular complexity index is 461. The third-order valence-electron chi connectivity index (χ3n) is 3.69. The summed E-state index contributed by atoms with van der Waals surface area (Å²) in [6.45, 7) is 3.21. The molecule has 1 aliphatic rings. The van der Waals surface area contributed by atoms with Gasteiger partial charge in [-0.05, 0) is 30.9 Å². The van der Waals surface area contributed by atoms with Crippen molar-refractivity contribution in [2.45, 2.75) is 31.6 Å². The van der Waals surface area contributed by atoms with E-state index >= 15 is 0 Å². The molecule has 1 amide bonds. The average molecular weight is 345 g/mol. The van der Waals surface area contributed by atoms with Gasteiger partial charge >= 0.3 is 0 Å². The molecule has 22 heavy (non-hydrogen) atoms. The lowest BCUT2D eigenvalue weighted by Gasteiger charge is -2.38. The smallest absolute Gasteiger partial charge is 0.239 e. The van der Waals surface area contributed by atoms with Crippen LogP contribution < -0.4 is 5.73 Å². The summed E-state index contributed by atoms with van der Waals surface area (Å²) >= 11 is 1.72. The van der Waals surface area contributed by atoms with Gasteiger partial charge in [0, 0.05) is 6.54 Å². The summed E-state index contributed by atoms with van der Waals surface area (Å²) in [4.78, 5) is 14.3. The van der Waals surface area contributed by atoms with Gasteiger partial charge in [-0.1, -0.05) is 30.3 Å². The van der Waals surface area contributed by atoms with Gasteiger partial charge in [-0.2, -0.15) is 11.8 Å². The van der Waals surface area contributed by atoms with Gasteiger partial charge in [0.15, 0.2) is 0 Å². The highest BCUT2D eigenvalue weighted by atomic mass is 35.5. The van der Waals surface area contributed by atoms with Crippen LogP contribution in [0.15, 0.2) is 30.3 Å². The Balaban J connectivity index is 0.00000242. The number of nitrogens with zero attached hydrogens (tertiary/aromatic N) is 1. The number of hydrogen-bond acceptors (Lipinski definition) is 4. The molecule has 1 aromatic rings. The van der Waals surface area contributed by atoms with Crippen molar-refractivity contribution in [2.24, 2.45) is 5.73 Å². The van der Waals surface area contributed by atoms with E-state index in [-0.39, 0.29) is 30.5 Å². The number of nitrogens with two attached hydrogens (primary N) is 1. The maximum atomic E-state index is 12.5. The fourth-order valence-electron chi connectivity index (χ4n) is 2.59. The van der Waals surface area contributed by atoms with Crippen LogP contribution >= 0.6 is 24.2 Å². The number of morpholine rings is 1. The molecule has 2 unspecified atom stereocenters. The van der Waals surface area contributed by atoms with Gasteiger partial charge in [-0.3, -0.25) is 4.79 Å². The van der Waals surface area contributed by atoms with E-state index in [1.54, 1.807) is 11.8 Å². The monoisotopic (exact) mass is 344 g/mol. The molecule has 1 fully saturated rings. The van der Waals surface area contributed by atoms with Crippen molar-refractivity contribution in [1.82, 2.24) is 4.90 Å². The van der Waals surface area contributed by atoms with Gasteiger partial charge in [0.2, 0.25) is 5.91 Å². The maximum absolute atomic E-state index is 12.5. The minimum absolute atomic E-state index is 0. The lowest BCUT2D eigenvalue weighted by Crippen LogP contribution is -2.51. The quantitative estimate of drug-likeness (QED) is 0.891. The fourth-order valence-corrected chi connectivity index (χ4v) is 3.08. The SMILES string of the molecule is CSCC[C@H](N)C(=O)N1CC(C)OC(c2ccccc2)C1.Cl. The number of carbonyl (C=O) groups is 1. The van der Waals surface area contributed by atoms with Crippen LogP contribution in [0.1, 0.15) is 25.0 Å². The highest BCUT2D eigenvalue weighted by Crippen LogP contribution is 2.25. The molecule has 1 heterocycles. The van der Waals surface area contributed by atoms with E-state index in [1.807, 2.05) is 48.4 Å². The summed E-state index contributed by atoms with van der Waals surface area (Å²) < 4.78 is 5.97. The molecule has 4 nitrogen and oxygen atoms in total. The van der Waals surface area contributed by atoms with Crippen molar-refractivity contribution < 1.29 is 9.53 Å². The molecule has 0 bridgehead atoms.